The van der Waals surface area contributed by atoms with E-state index >= 15 is 0 Å². The number of sulfonamides is 1. The van der Waals surface area contributed by atoms with Crippen LogP contribution in [0.2, 0.25) is 0 Å². The molecule has 10 heteroatoms. The van der Waals surface area contributed by atoms with Crippen LogP contribution in [-0.2, 0) is 10.0 Å². The molecule has 0 spiro atoms. The summed E-state index contributed by atoms with van der Waals surface area (Å²) in [6, 6.07) is 13.5. The SMILES string of the molecule is CS(=O)(=O)NC[C@H]1CCCN(C(=O)c2ccc(Nc3ccccc3)c([N+](=O)[O-])c2)C1. The van der Waals surface area contributed by atoms with Gasteiger partial charge in [-0.25, -0.2) is 13.1 Å². The molecule has 1 aliphatic rings. The highest BCUT2D eigenvalue weighted by Gasteiger charge is 2.27. The van der Waals surface area contributed by atoms with Gasteiger partial charge >= 0.3 is 0 Å². The number of nitrogens with one attached hydrogen (secondary N) is 2. The average Bonchev–Trinajstić information content (AvgIpc) is 2.72. The van der Waals surface area contributed by atoms with Gasteiger partial charge < -0.3 is 10.2 Å². The first-order valence-corrected chi connectivity index (χ1v) is 11.5. The predicted molar refractivity (Wildman–Crippen MR) is 114 cm³/mol. The molecule has 0 aromatic heterocycles. The van der Waals surface area contributed by atoms with Crippen molar-refractivity contribution in [3.05, 3.63) is 64.2 Å². The lowest BCUT2D eigenvalue weighted by Gasteiger charge is -2.32. The molecule has 160 valence electrons. The number of carbonyl (C=O) groups excluding carboxylic acids is 1. The quantitative estimate of drug-likeness (QED) is 0.512. The van der Waals surface area contributed by atoms with Crippen LogP contribution in [0.5, 0.6) is 0 Å². The lowest BCUT2D eigenvalue weighted by Crippen LogP contribution is -2.43. The van der Waals surface area contributed by atoms with Gasteiger partial charge in [0.1, 0.15) is 5.69 Å². The second-order valence-corrected chi connectivity index (χ2v) is 9.19. The number of para-hydroxylation sites is 1. The summed E-state index contributed by atoms with van der Waals surface area (Å²) in [6.07, 6.45) is 2.66. The number of amides is 1. The zero-order valence-corrected chi connectivity index (χ0v) is 17.4. The Hall–Kier alpha value is -2.98. The molecule has 0 saturated carbocycles. The third-order valence-corrected chi connectivity index (χ3v) is 5.63. The number of rotatable bonds is 7. The zero-order valence-electron chi connectivity index (χ0n) is 16.6. The van der Waals surface area contributed by atoms with E-state index in [0.29, 0.717) is 24.5 Å². The Kier molecular flexibility index (Phi) is 6.68. The van der Waals surface area contributed by atoms with Crippen LogP contribution in [0.4, 0.5) is 17.1 Å². The molecule has 1 atom stereocenters. The molecule has 0 radical (unpaired) electrons. The number of nitro benzene ring substituents is 1. The highest BCUT2D eigenvalue weighted by molar-refractivity contribution is 7.88. The Bertz CT molecular complexity index is 1030. The first-order valence-electron chi connectivity index (χ1n) is 9.57. The first kappa shape index (κ1) is 21.7. The van der Waals surface area contributed by atoms with E-state index in [1.165, 1.54) is 12.1 Å². The Morgan fingerprint density at radius 1 is 1.23 bits per heavy atom. The fourth-order valence-corrected chi connectivity index (χ4v) is 4.00. The Morgan fingerprint density at radius 3 is 2.63 bits per heavy atom. The van der Waals surface area contributed by atoms with Crippen LogP contribution >= 0.6 is 0 Å². The van der Waals surface area contributed by atoms with E-state index in [9.17, 15) is 23.3 Å². The molecular formula is C20H24N4O5S. The molecule has 2 aromatic carbocycles. The van der Waals surface area contributed by atoms with Crippen molar-refractivity contribution in [2.75, 3.05) is 31.2 Å². The third-order valence-electron chi connectivity index (χ3n) is 4.93. The Labute approximate surface area is 175 Å². The van der Waals surface area contributed by atoms with Crippen LogP contribution in [-0.4, -0.2) is 50.0 Å². The molecule has 1 amide bonds. The standard InChI is InChI=1S/C20H24N4O5S/c1-30(28,29)21-13-15-6-5-11-23(14-15)20(25)16-9-10-18(19(12-16)24(26)27)22-17-7-3-2-4-8-17/h2-4,7-10,12,15,21-22H,5-6,11,13-14H2,1H3/t15-/m1/s1. The van der Waals surface area contributed by atoms with Crippen molar-refractivity contribution in [2.24, 2.45) is 5.92 Å². The minimum absolute atomic E-state index is 0.00595. The second kappa shape index (κ2) is 9.23. The van der Waals surface area contributed by atoms with E-state index in [-0.39, 0.29) is 29.6 Å². The molecule has 1 fully saturated rings. The van der Waals surface area contributed by atoms with E-state index in [2.05, 4.69) is 10.0 Å². The second-order valence-electron chi connectivity index (χ2n) is 7.36. The number of nitrogens with zero attached hydrogens (tertiary/aromatic N) is 2. The van der Waals surface area contributed by atoms with Crippen LogP contribution in [0.1, 0.15) is 23.2 Å². The topological polar surface area (TPSA) is 122 Å². The molecule has 0 unspecified atom stereocenters. The van der Waals surface area contributed by atoms with Gasteiger partial charge in [0.15, 0.2) is 0 Å². The fraction of sp³-hybridized carbons (Fsp3) is 0.350. The molecule has 0 bridgehead atoms. The van der Waals surface area contributed by atoms with Gasteiger partial charge in [0.05, 0.1) is 11.2 Å². The molecular weight excluding hydrogens is 408 g/mol. The van der Waals surface area contributed by atoms with E-state index < -0.39 is 14.9 Å². The van der Waals surface area contributed by atoms with Crippen LogP contribution in [0.25, 0.3) is 0 Å². The number of hydrogen-bond donors (Lipinski definition) is 2. The van der Waals surface area contributed by atoms with Crippen LogP contribution < -0.4 is 10.0 Å². The lowest BCUT2D eigenvalue weighted by molar-refractivity contribution is -0.383. The molecule has 1 heterocycles. The summed E-state index contributed by atoms with van der Waals surface area (Å²) in [5.74, 6) is -0.292. The van der Waals surface area contributed by atoms with Crippen molar-refractivity contribution >= 4 is 33.0 Å². The van der Waals surface area contributed by atoms with Crippen molar-refractivity contribution < 1.29 is 18.1 Å². The number of benzene rings is 2. The van der Waals surface area contributed by atoms with Crippen molar-refractivity contribution in [3.8, 4) is 0 Å². The van der Waals surface area contributed by atoms with Gasteiger partial charge in [0, 0.05) is 37.0 Å². The molecule has 2 N–H and O–H groups in total. The molecule has 1 saturated heterocycles. The van der Waals surface area contributed by atoms with Crippen LogP contribution in [0, 0.1) is 16.0 Å². The van der Waals surface area contributed by atoms with E-state index in [4.69, 9.17) is 0 Å². The monoisotopic (exact) mass is 432 g/mol. The van der Waals surface area contributed by atoms with Gasteiger partial charge in [-0.3, -0.25) is 14.9 Å². The van der Waals surface area contributed by atoms with Crippen molar-refractivity contribution in [1.29, 1.82) is 0 Å². The summed E-state index contributed by atoms with van der Waals surface area (Å²) >= 11 is 0. The van der Waals surface area contributed by atoms with Gasteiger partial charge in [0.25, 0.3) is 11.6 Å². The normalized spacial score (nSPS) is 16.8. The molecule has 0 aliphatic carbocycles. The molecule has 9 nitrogen and oxygen atoms in total. The molecule has 30 heavy (non-hydrogen) atoms. The molecule has 2 aromatic rings. The minimum atomic E-state index is -3.29. The highest BCUT2D eigenvalue weighted by Crippen LogP contribution is 2.29. The summed E-state index contributed by atoms with van der Waals surface area (Å²) in [5.41, 5.74) is 1.06. The maximum Gasteiger partial charge on any atom is 0.293 e. The fourth-order valence-electron chi connectivity index (χ4n) is 3.47. The maximum absolute atomic E-state index is 12.9. The number of hydrogen-bond acceptors (Lipinski definition) is 6. The number of piperidine rings is 1. The summed E-state index contributed by atoms with van der Waals surface area (Å²) in [5, 5.41) is 14.6. The zero-order chi connectivity index (χ0) is 21.7. The van der Waals surface area contributed by atoms with Crippen molar-refractivity contribution in [3.63, 3.8) is 0 Å². The van der Waals surface area contributed by atoms with Gasteiger partial charge in [-0.2, -0.15) is 0 Å². The summed E-state index contributed by atoms with van der Waals surface area (Å²) in [7, 11) is -3.29. The Balaban J connectivity index is 1.75. The lowest BCUT2D eigenvalue weighted by atomic mass is 9.97. The number of nitro groups is 1. The van der Waals surface area contributed by atoms with Crippen molar-refractivity contribution in [2.45, 2.75) is 12.8 Å². The van der Waals surface area contributed by atoms with Crippen molar-refractivity contribution in [1.82, 2.24) is 9.62 Å². The summed E-state index contributed by atoms with van der Waals surface area (Å²) in [4.78, 5) is 25.6. The summed E-state index contributed by atoms with van der Waals surface area (Å²) in [6.45, 7) is 1.20. The van der Waals surface area contributed by atoms with E-state index in [0.717, 1.165) is 19.1 Å². The van der Waals surface area contributed by atoms with E-state index in [1.807, 2.05) is 18.2 Å². The summed E-state index contributed by atoms with van der Waals surface area (Å²) < 4.78 is 25.1. The number of carbonyl (C=O) groups is 1. The van der Waals surface area contributed by atoms with Gasteiger partial charge in [-0.1, -0.05) is 18.2 Å². The van der Waals surface area contributed by atoms with E-state index in [1.54, 1.807) is 23.1 Å². The van der Waals surface area contributed by atoms with Gasteiger partial charge in [-0.15, -0.1) is 0 Å². The van der Waals surface area contributed by atoms with Gasteiger partial charge in [-0.05, 0) is 43.0 Å². The average molecular weight is 433 g/mol. The van der Waals surface area contributed by atoms with Gasteiger partial charge in [0.2, 0.25) is 10.0 Å². The van der Waals surface area contributed by atoms with Crippen LogP contribution in [0.15, 0.2) is 48.5 Å². The minimum Gasteiger partial charge on any atom is -0.350 e. The number of likely N-dealkylation sites (tertiary alicyclic amines) is 1. The Morgan fingerprint density at radius 2 is 1.97 bits per heavy atom. The highest BCUT2D eigenvalue weighted by atomic mass is 32.2. The first-order chi connectivity index (χ1) is 14.2. The van der Waals surface area contributed by atoms with Crippen LogP contribution in [0.3, 0.4) is 0 Å². The molecule has 1 aliphatic heterocycles. The maximum atomic E-state index is 12.9. The smallest absolute Gasteiger partial charge is 0.293 e. The largest absolute Gasteiger partial charge is 0.350 e. The molecule has 3 rings (SSSR count). The third kappa shape index (κ3) is 5.77. The predicted octanol–water partition coefficient (Wildman–Crippen LogP) is 2.74. The number of anilines is 2.